The number of hydrogen-bond acceptors (Lipinski definition) is 3. The summed E-state index contributed by atoms with van der Waals surface area (Å²) in [6.07, 6.45) is 3.07. The second-order valence-electron chi connectivity index (χ2n) is 6.76. The van der Waals surface area contributed by atoms with Crippen LogP contribution in [0.25, 0.3) is 0 Å². The maximum absolute atomic E-state index is 13.0. The van der Waals surface area contributed by atoms with Crippen molar-refractivity contribution in [1.82, 2.24) is 4.90 Å². The second kappa shape index (κ2) is 4.85. The molecular weight excluding hydrogens is 270 g/mol. The van der Waals surface area contributed by atoms with Crippen molar-refractivity contribution < 1.29 is 8.42 Å². The molecule has 0 aromatic heterocycles. The molecule has 2 aliphatic rings. The molecule has 1 unspecified atom stereocenters. The minimum Gasteiger partial charge on any atom is -0.299 e. The first-order valence-electron chi connectivity index (χ1n) is 7.46. The lowest BCUT2D eigenvalue weighted by molar-refractivity contribution is 0.0725. The number of rotatable bonds is 2. The van der Waals surface area contributed by atoms with E-state index in [1.165, 1.54) is 6.42 Å². The van der Waals surface area contributed by atoms with Crippen LogP contribution in [0.5, 0.6) is 0 Å². The van der Waals surface area contributed by atoms with Gasteiger partial charge in [-0.15, -0.1) is 0 Å². The van der Waals surface area contributed by atoms with Crippen molar-refractivity contribution in [1.29, 1.82) is 0 Å². The minimum absolute atomic E-state index is 0.0846. The maximum atomic E-state index is 13.0. The summed E-state index contributed by atoms with van der Waals surface area (Å²) in [6, 6.07) is 9.12. The highest BCUT2D eigenvalue weighted by Gasteiger charge is 2.50. The third-order valence-corrected chi connectivity index (χ3v) is 7.20. The van der Waals surface area contributed by atoms with Gasteiger partial charge in [-0.3, -0.25) is 4.90 Å². The summed E-state index contributed by atoms with van der Waals surface area (Å²) in [7, 11) is -3.22. The Morgan fingerprint density at radius 3 is 2.55 bits per heavy atom. The summed E-state index contributed by atoms with van der Waals surface area (Å²) in [4.78, 5) is 2.88. The Hall–Kier alpha value is -0.870. The molecule has 0 N–H and O–H groups in total. The molecule has 20 heavy (non-hydrogen) atoms. The molecule has 0 spiro atoms. The third-order valence-electron chi connectivity index (χ3n) is 4.98. The Morgan fingerprint density at radius 2 is 1.85 bits per heavy atom. The van der Waals surface area contributed by atoms with Gasteiger partial charge in [0.1, 0.15) is 0 Å². The van der Waals surface area contributed by atoms with E-state index < -0.39 is 9.84 Å². The van der Waals surface area contributed by atoms with Gasteiger partial charge in [-0.1, -0.05) is 32.0 Å². The van der Waals surface area contributed by atoms with Gasteiger partial charge in [-0.2, -0.15) is 0 Å². The Bertz CT molecular complexity index is 580. The average Bonchev–Trinajstić information content (AvgIpc) is 2.86. The van der Waals surface area contributed by atoms with Gasteiger partial charge in [0.25, 0.3) is 0 Å². The van der Waals surface area contributed by atoms with Crippen molar-refractivity contribution in [3.63, 3.8) is 0 Å². The lowest BCUT2D eigenvalue weighted by Gasteiger charge is -2.44. The van der Waals surface area contributed by atoms with Crippen LogP contribution in [0.1, 0.15) is 33.1 Å². The predicted octanol–water partition coefficient (Wildman–Crippen LogP) is 2.72. The van der Waals surface area contributed by atoms with Crippen LogP contribution in [0.15, 0.2) is 35.2 Å². The molecule has 2 atom stereocenters. The first-order chi connectivity index (χ1) is 9.43. The third kappa shape index (κ3) is 2.19. The van der Waals surface area contributed by atoms with E-state index in [2.05, 4.69) is 18.7 Å². The van der Waals surface area contributed by atoms with Crippen LogP contribution in [0.3, 0.4) is 0 Å². The van der Waals surface area contributed by atoms with Gasteiger partial charge < -0.3 is 0 Å². The minimum atomic E-state index is -3.22. The van der Waals surface area contributed by atoms with Gasteiger partial charge >= 0.3 is 0 Å². The molecule has 1 aromatic rings. The monoisotopic (exact) mass is 293 g/mol. The Kier molecular flexibility index (Phi) is 3.41. The molecule has 0 radical (unpaired) electrons. The number of fused-ring (bicyclic) bond motifs is 1. The van der Waals surface area contributed by atoms with E-state index in [0.29, 0.717) is 4.90 Å². The van der Waals surface area contributed by atoms with Gasteiger partial charge in [-0.25, -0.2) is 8.42 Å². The van der Waals surface area contributed by atoms with E-state index in [-0.39, 0.29) is 16.7 Å². The molecule has 3 nitrogen and oxygen atoms in total. The van der Waals surface area contributed by atoms with Crippen molar-refractivity contribution in [2.45, 2.75) is 49.3 Å². The van der Waals surface area contributed by atoms with Crippen molar-refractivity contribution in [2.24, 2.45) is 5.41 Å². The summed E-state index contributed by atoms with van der Waals surface area (Å²) in [5.74, 6) is 0. The Balaban J connectivity index is 1.98. The zero-order valence-corrected chi connectivity index (χ0v) is 13.1. The molecule has 3 rings (SSSR count). The van der Waals surface area contributed by atoms with Crippen molar-refractivity contribution >= 4 is 9.84 Å². The highest BCUT2D eigenvalue weighted by atomic mass is 32.2. The van der Waals surface area contributed by atoms with Crippen LogP contribution in [-0.2, 0) is 9.84 Å². The number of sulfone groups is 1. The number of benzene rings is 1. The largest absolute Gasteiger partial charge is 0.299 e. The summed E-state index contributed by atoms with van der Waals surface area (Å²) >= 11 is 0. The molecule has 110 valence electrons. The molecule has 0 saturated carbocycles. The number of hydrogen-bond donors (Lipinski definition) is 0. The summed E-state index contributed by atoms with van der Waals surface area (Å²) in [6.45, 7) is 6.42. The Morgan fingerprint density at radius 1 is 1.15 bits per heavy atom. The number of nitrogens with zero attached hydrogens (tertiary/aromatic N) is 1. The summed E-state index contributed by atoms with van der Waals surface area (Å²) in [5.41, 5.74) is 0.0846. The van der Waals surface area contributed by atoms with Gasteiger partial charge in [0, 0.05) is 6.04 Å². The molecule has 2 heterocycles. The van der Waals surface area contributed by atoms with Crippen molar-refractivity contribution in [2.75, 3.05) is 13.1 Å². The molecule has 2 saturated heterocycles. The van der Waals surface area contributed by atoms with Crippen LogP contribution in [0, 0.1) is 5.41 Å². The van der Waals surface area contributed by atoms with Crippen LogP contribution in [-0.4, -0.2) is 37.7 Å². The van der Waals surface area contributed by atoms with Crippen LogP contribution in [0.4, 0.5) is 0 Å². The summed E-state index contributed by atoms with van der Waals surface area (Å²) < 4.78 is 25.9. The first-order valence-corrected chi connectivity index (χ1v) is 9.00. The van der Waals surface area contributed by atoms with E-state index in [9.17, 15) is 8.42 Å². The predicted molar refractivity (Wildman–Crippen MR) is 80.4 cm³/mol. The SMILES string of the molecule is CC1(C)CCCN2CC[C@H](S(=O)(=O)c3ccccc3)C21. The van der Waals surface area contributed by atoms with Gasteiger partial charge in [-0.05, 0) is 49.9 Å². The normalized spacial score (nSPS) is 30.1. The Labute approximate surface area is 121 Å². The van der Waals surface area contributed by atoms with Crippen LogP contribution >= 0.6 is 0 Å². The fourth-order valence-electron chi connectivity index (χ4n) is 4.07. The van der Waals surface area contributed by atoms with E-state index >= 15 is 0 Å². The van der Waals surface area contributed by atoms with Crippen LogP contribution < -0.4 is 0 Å². The van der Waals surface area contributed by atoms with Gasteiger partial charge in [0.15, 0.2) is 9.84 Å². The van der Waals surface area contributed by atoms with E-state index in [1.54, 1.807) is 12.1 Å². The lowest BCUT2D eigenvalue weighted by Crippen LogP contribution is -2.52. The first kappa shape index (κ1) is 14.1. The highest BCUT2D eigenvalue weighted by Crippen LogP contribution is 2.44. The molecule has 0 amide bonds. The summed E-state index contributed by atoms with van der Waals surface area (Å²) in [5, 5.41) is -0.250. The fraction of sp³-hybridized carbons (Fsp3) is 0.625. The maximum Gasteiger partial charge on any atom is 0.182 e. The molecule has 2 aliphatic heterocycles. The quantitative estimate of drug-likeness (QED) is 0.841. The van der Waals surface area contributed by atoms with E-state index in [0.717, 1.165) is 25.9 Å². The molecule has 0 aliphatic carbocycles. The smallest absolute Gasteiger partial charge is 0.182 e. The van der Waals surface area contributed by atoms with Gasteiger partial charge in [0.05, 0.1) is 10.1 Å². The second-order valence-corrected chi connectivity index (χ2v) is 8.93. The molecule has 1 aromatic carbocycles. The van der Waals surface area contributed by atoms with Crippen molar-refractivity contribution in [3.05, 3.63) is 30.3 Å². The fourth-order valence-corrected chi connectivity index (χ4v) is 6.25. The number of piperidine rings is 1. The van der Waals surface area contributed by atoms with E-state index in [4.69, 9.17) is 0 Å². The highest BCUT2D eigenvalue weighted by molar-refractivity contribution is 7.92. The molecule has 0 bridgehead atoms. The lowest BCUT2D eigenvalue weighted by atomic mass is 9.76. The molecular formula is C16H23NO2S. The average molecular weight is 293 g/mol. The zero-order valence-electron chi connectivity index (χ0n) is 12.2. The molecule has 2 fully saturated rings. The van der Waals surface area contributed by atoms with E-state index in [1.807, 2.05) is 18.2 Å². The van der Waals surface area contributed by atoms with Crippen molar-refractivity contribution in [3.8, 4) is 0 Å². The zero-order chi connectivity index (χ0) is 14.4. The van der Waals surface area contributed by atoms with Gasteiger partial charge in [0.2, 0.25) is 0 Å². The molecule has 4 heteroatoms. The standard InChI is InChI=1S/C16H23NO2S/c1-16(2)10-6-11-17-12-9-14(15(16)17)20(18,19)13-7-4-3-5-8-13/h3-5,7-8,14-15H,6,9-12H2,1-2H3/t14-,15?/m0/s1. The van der Waals surface area contributed by atoms with Crippen LogP contribution in [0.2, 0.25) is 0 Å². The topological polar surface area (TPSA) is 37.4 Å².